The van der Waals surface area contributed by atoms with E-state index in [1.165, 1.54) is 22.5 Å². The summed E-state index contributed by atoms with van der Waals surface area (Å²) >= 11 is 0. The average Bonchev–Trinajstić information content (AvgIpc) is 3.09. The summed E-state index contributed by atoms with van der Waals surface area (Å²) in [5, 5.41) is 11.0. The van der Waals surface area contributed by atoms with E-state index in [2.05, 4.69) is 0 Å². The molecule has 9 heteroatoms. The molecule has 1 heterocycles. The van der Waals surface area contributed by atoms with Crippen molar-refractivity contribution in [3.8, 4) is 0 Å². The summed E-state index contributed by atoms with van der Waals surface area (Å²) in [7, 11) is -3.73. The van der Waals surface area contributed by atoms with Crippen LogP contribution in [-0.2, 0) is 16.4 Å². The van der Waals surface area contributed by atoms with Crippen LogP contribution >= 0.6 is 12.4 Å². The van der Waals surface area contributed by atoms with Gasteiger partial charge in [0, 0.05) is 31.3 Å². The fourth-order valence-electron chi connectivity index (χ4n) is 3.79. The van der Waals surface area contributed by atoms with Crippen LogP contribution in [0, 0.1) is 22.0 Å². The predicted molar refractivity (Wildman–Crippen MR) is 92.7 cm³/mol. The van der Waals surface area contributed by atoms with Crippen molar-refractivity contribution in [3.05, 3.63) is 33.9 Å². The standard InChI is InChI=1S/C15H21N3O4S.ClH/c1-2-10-3-5-12(18(19)20)7-15(10)23(21,22)17-8-11-4-6-14(16)13(11)9-17;/h3,5,7,11,13-14H,2,4,6,8-9,16H2,1H3;1H. The van der Waals surface area contributed by atoms with Gasteiger partial charge in [0.15, 0.2) is 0 Å². The van der Waals surface area contributed by atoms with Gasteiger partial charge in [-0.15, -0.1) is 12.4 Å². The molecule has 1 aromatic rings. The lowest BCUT2D eigenvalue weighted by atomic mass is 9.98. The van der Waals surface area contributed by atoms with E-state index in [1.54, 1.807) is 0 Å². The molecule has 7 nitrogen and oxygen atoms in total. The zero-order valence-electron chi connectivity index (χ0n) is 13.4. The lowest BCUT2D eigenvalue weighted by Crippen LogP contribution is -2.34. The van der Waals surface area contributed by atoms with Crippen LogP contribution in [0.4, 0.5) is 5.69 Å². The number of nitrogens with zero attached hydrogens (tertiary/aromatic N) is 2. The number of benzene rings is 1. The van der Waals surface area contributed by atoms with Gasteiger partial charge in [-0.3, -0.25) is 10.1 Å². The molecular weight excluding hydrogens is 354 g/mol. The number of fused-ring (bicyclic) bond motifs is 1. The molecule has 0 amide bonds. The molecule has 1 aromatic carbocycles. The second kappa shape index (κ2) is 6.95. The first kappa shape index (κ1) is 19.1. The van der Waals surface area contributed by atoms with E-state index in [9.17, 15) is 18.5 Å². The smallest absolute Gasteiger partial charge is 0.270 e. The Hall–Kier alpha value is -1.22. The molecule has 24 heavy (non-hydrogen) atoms. The topological polar surface area (TPSA) is 107 Å². The third-order valence-electron chi connectivity index (χ3n) is 5.14. The second-order valence-corrected chi connectivity index (χ2v) is 8.30. The van der Waals surface area contributed by atoms with Crippen molar-refractivity contribution in [2.75, 3.05) is 13.1 Å². The van der Waals surface area contributed by atoms with E-state index in [0.29, 0.717) is 31.0 Å². The molecule has 3 atom stereocenters. The monoisotopic (exact) mass is 375 g/mol. The van der Waals surface area contributed by atoms with Gasteiger partial charge in [0.25, 0.3) is 5.69 Å². The zero-order valence-corrected chi connectivity index (χ0v) is 15.1. The van der Waals surface area contributed by atoms with Crippen molar-refractivity contribution in [2.45, 2.75) is 37.1 Å². The van der Waals surface area contributed by atoms with E-state index in [-0.39, 0.29) is 34.9 Å². The molecule has 1 aliphatic carbocycles. The van der Waals surface area contributed by atoms with Crippen LogP contribution < -0.4 is 5.73 Å². The highest BCUT2D eigenvalue weighted by Crippen LogP contribution is 2.40. The third-order valence-corrected chi connectivity index (χ3v) is 7.05. The van der Waals surface area contributed by atoms with Crippen molar-refractivity contribution in [1.29, 1.82) is 0 Å². The number of aryl methyl sites for hydroxylation is 1. The van der Waals surface area contributed by atoms with Crippen molar-refractivity contribution in [3.63, 3.8) is 0 Å². The van der Waals surface area contributed by atoms with Crippen molar-refractivity contribution >= 4 is 28.1 Å². The Morgan fingerprint density at radius 1 is 1.33 bits per heavy atom. The summed E-state index contributed by atoms with van der Waals surface area (Å²) in [5.41, 5.74) is 6.48. The Morgan fingerprint density at radius 2 is 2.04 bits per heavy atom. The first-order valence-corrected chi connectivity index (χ1v) is 9.31. The van der Waals surface area contributed by atoms with Crippen molar-refractivity contribution in [2.24, 2.45) is 17.6 Å². The molecule has 2 N–H and O–H groups in total. The van der Waals surface area contributed by atoms with Crippen LogP contribution in [0.5, 0.6) is 0 Å². The molecule has 1 saturated carbocycles. The molecule has 3 unspecified atom stereocenters. The van der Waals surface area contributed by atoms with Gasteiger partial charge in [0.1, 0.15) is 0 Å². The lowest BCUT2D eigenvalue weighted by Gasteiger charge is -2.20. The highest BCUT2D eigenvalue weighted by molar-refractivity contribution is 7.89. The largest absolute Gasteiger partial charge is 0.327 e. The Labute approximate surface area is 147 Å². The lowest BCUT2D eigenvalue weighted by molar-refractivity contribution is -0.385. The van der Waals surface area contributed by atoms with Gasteiger partial charge >= 0.3 is 0 Å². The molecule has 2 aliphatic rings. The summed E-state index contributed by atoms with van der Waals surface area (Å²) < 4.78 is 27.4. The normalized spacial score (nSPS) is 26.8. The van der Waals surface area contributed by atoms with Gasteiger partial charge in [0.05, 0.1) is 9.82 Å². The molecular formula is C15H22ClN3O4S. The minimum Gasteiger partial charge on any atom is -0.327 e. The first-order chi connectivity index (χ1) is 10.8. The maximum Gasteiger partial charge on any atom is 0.270 e. The van der Waals surface area contributed by atoms with Gasteiger partial charge in [-0.05, 0) is 36.7 Å². The number of hydrogen-bond donors (Lipinski definition) is 1. The summed E-state index contributed by atoms with van der Waals surface area (Å²) in [4.78, 5) is 10.5. The molecule has 2 fully saturated rings. The fourth-order valence-corrected chi connectivity index (χ4v) is 5.64. The molecule has 134 valence electrons. The Kier molecular flexibility index (Phi) is 5.54. The first-order valence-electron chi connectivity index (χ1n) is 7.87. The van der Waals surface area contributed by atoms with Gasteiger partial charge in [-0.1, -0.05) is 13.0 Å². The molecule has 0 bridgehead atoms. The van der Waals surface area contributed by atoms with E-state index >= 15 is 0 Å². The molecule has 0 spiro atoms. The van der Waals surface area contributed by atoms with E-state index in [4.69, 9.17) is 5.73 Å². The minimum atomic E-state index is -3.73. The van der Waals surface area contributed by atoms with Crippen LogP contribution in [-0.4, -0.2) is 36.8 Å². The van der Waals surface area contributed by atoms with Gasteiger partial charge in [-0.25, -0.2) is 8.42 Å². The summed E-state index contributed by atoms with van der Waals surface area (Å²) in [6, 6.07) is 4.12. The molecule has 0 aromatic heterocycles. The van der Waals surface area contributed by atoms with Crippen LogP contribution in [0.3, 0.4) is 0 Å². The number of nitro benzene ring substituents is 1. The number of rotatable bonds is 4. The highest BCUT2D eigenvalue weighted by Gasteiger charge is 2.45. The Morgan fingerprint density at radius 3 is 2.62 bits per heavy atom. The van der Waals surface area contributed by atoms with Crippen LogP contribution in [0.15, 0.2) is 23.1 Å². The predicted octanol–water partition coefficient (Wildman–Crippen LogP) is 1.94. The van der Waals surface area contributed by atoms with Crippen LogP contribution in [0.1, 0.15) is 25.3 Å². The fraction of sp³-hybridized carbons (Fsp3) is 0.600. The number of non-ortho nitro benzene ring substituents is 1. The summed E-state index contributed by atoms with van der Waals surface area (Å²) in [6.45, 7) is 2.72. The molecule has 0 radical (unpaired) electrons. The van der Waals surface area contributed by atoms with Gasteiger partial charge in [-0.2, -0.15) is 4.31 Å². The molecule has 3 rings (SSSR count). The summed E-state index contributed by atoms with van der Waals surface area (Å²) in [5.74, 6) is 0.511. The third kappa shape index (κ3) is 3.15. The zero-order chi connectivity index (χ0) is 16.8. The highest BCUT2D eigenvalue weighted by atomic mass is 35.5. The number of hydrogen-bond acceptors (Lipinski definition) is 5. The quantitative estimate of drug-likeness (QED) is 0.639. The van der Waals surface area contributed by atoms with E-state index < -0.39 is 14.9 Å². The number of halogens is 1. The number of nitrogens with two attached hydrogens (primary N) is 1. The van der Waals surface area contributed by atoms with E-state index in [1.807, 2.05) is 6.92 Å². The second-order valence-electron chi connectivity index (χ2n) is 6.39. The summed E-state index contributed by atoms with van der Waals surface area (Å²) in [6.07, 6.45) is 2.40. The average molecular weight is 376 g/mol. The maximum absolute atomic E-state index is 13.0. The number of nitro groups is 1. The van der Waals surface area contributed by atoms with Gasteiger partial charge in [0.2, 0.25) is 10.0 Å². The number of sulfonamides is 1. The van der Waals surface area contributed by atoms with Crippen LogP contribution in [0.25, 0.3) is 0 Å². The Bertz CT molecular complexity index is 740. The Balaban J connectivity index is 0.00000208. The molecule has 1 saturated heterocycles. The van der Waals surface area contributed by atoms with E-state index in [0.717, 1.165) is 12.8 Å². The van der Waals surface area contributed by atoms with Crippen molar-refractivity contribution < 1.29 is 13.3 Å². The maximum atomic E-state index is 13.0. The molecule has 1 aliphatic heterocycles. The van der Waals surface area contributed by atoms with Crippen molar-refractivity contribution in [1.82, 2.24) is 4.31 Å². The van der Waals surface area contributed by atoms with Crippen LogP contribution in [0.2, 0.25) is 0 Å². The SMILES string of the molecule is CCc1ccc([N+](=O)[O-])cc1S(=O)(=O)N1CC2CCC(N)C2C1.Cl. The minimum absolute atomic E-state index is 0. The van der Waals surface area contributed by atoms with Gasteiger partial charge < -0.3 is 5.73 Å².